The molecule has 0 spiro atoms. The van der Waals surface area contributed by atoms with Gasteiger partial charge in [-0.2, -0.15) is 0 Å². The van der Waals surface area contributed by atoms with Crippen LogP contribution in [0, 0.1) is 0 Å². The van der Waals surface area contributed by atoms with E-state index in [0.717, 1.165) is 11.3 Å². The van der Waals surface area contributed by atoms with Gasteiger partial charge < -0.3 is 15.2 Å². The summed E-state index contributed by atoms with van der Waals surface area (Å²) in [4.78, 5) is 23.0. The van der Waals surface area contributed by atoms with Crippen molar-refractivity contribution in [2.45, 2.75) is 0 Å². The molecule has 5 nitrogen and oxygen atoms in total. The van der Waals surface area contributed by atoms with Crippen LogP contribution in [-0.2, 0) is 0 Å². The zero-order chi connectivity index (χ0) is 13.8. The Kier molecular flexibility index (Phi) is 3.82. The van der Waals surface area contributed by atoms with Gasteiger partial charge in [-0.15, -0.1) is 11.3 Å². The van der Waals surface area contributed by atoms with Crippen LogP contribution in [0.4, 0.5) is 5.00 Å². The first-order valence-corrected chi connectivity index (χ1v) is 6.21. The maximum Gasteiger partial charge on any atom is 0.345 e. The molecule has 1 heterocycles. The van der Waals surface area contributed by atoms with Gasteiger partial charge in [0.15, 0.2) is 0 Å². The van der Waals surface area contributed by atoms with E-state index in [1.54, 1.807) is 30.3 Å². The molecule has 1 amide bonds. The molecule has 0 saturated carbocycles. The van der Waals surface area contributed by atoms with E-state index in [4.69, 9.17) is 9.84 Å². The number of aromatic carboxylic acids is 1. The van der Waals surface area contributed by atoms with Gasteiger partial charge in [-0.25, -0.2) is 4.79 Å². The van der Waals surface area contributed by atoms with Crippen molar-refractivity contribution >= 4 is 28.2 Å². The number of anilines is 1. The molecular weight excluding hydrogens is 266 g/mol. The second-order valence-corrected chi connectivity index (χ2v) is 4.71. The number of ether oxygens (including phenoxy) is 1. The van der Waals surface area contributed by atoms with Crippen molar-refractivity contribution in [1.29, 1.82) is 0 Å². The first-order valence-electron chi connectivity index (χ1n) is 5.39. The van der Waals surface area contributed by atoms with E-state index in [1.165, 1.54) is 13.2 Å². The molecule has 1 aromatic carbocycles. The summed E-state index contributed by atoms with van der Waals surface area (Å²) < 4.78 is 5.10. The highest BCUT2D eigenvalue weighted by atomic mass is 32.1. The maximum atomic E-state index is 12.0. The lowest BCUT2D eigenvalue weighted by Gasteiger charge is -2.07. The second-order valence-electron chi connectivity index (χ2n) is 3.62. The smallest absolute Gasteiger partial charge is 0.345 e. The van der Waals surface area contributed by atoms with Crippen molar-refractivity contribution in [1.82, 2.24) is 0 Å². The fourth-order valence-electron chi connectivity index (χ4n) is 1.53. The van der Waals surface area contributed by atoms with E-state index >= 15 is 0 Å². The minimum absolute atomic E-state index is 0.176. The number of hydrogen-bond acceptors (Lipinski definition) is 4. The Hall–Kier alpha value is -2.34. The van der Waals surface area contributed by atoms with Crippen molar-refractivity contribution in [2.24, 2.45) is 0 Å². The van der Waals surface area contributed by atoms with Crippen LogP contribution in [-0.4, -0.2) is 24.1 Å². The van der Waals surface area contributed by atoms with Crippen molar-refractivity contribution in [3.05, 3.63) is 46.8 Å². The third-order valence-electron chi connectivity index (χ3n) is 2.41. The monoisotopic (exact) mass is 277 g/mol. The minimum Gasteiger partial charge on any atom is -0.496 e. The van der Waals surface area contributed by atoms with Gasteiger partial charge in [0, 0.05) is 0 Å². The van der Waals surface area contributed by atoms with Crippen LogP contribution >= 0.6 is 11.3 Å². The predicted octanol–water partition coefficient (Wildman–Crippen LogP) is 2.71. The number of rotatable bonds is 4. The van der Waals surface area contributed by atoms with Crippen LogP contribution in [0.3, 0.4) is 0 Å². The van der Waals surface area contributed by atoms with E-state index < -0.39 is 5.97 Å². The number of benzene rings is 1. The third kappa shape index (κ3) is 2.92. The lowest BCUT2D eigenvalue weighted by molar-refractivity contribution is 0.0702. The molecule has 0 fully saturated rings. The number of carbonyl (C=O) groups is 2. The topological polar surface area (TPSA) is 75.6 Å². The van der Waals surface area contributed by atoms with Crippen molar-refractivity contribution in [3.63, 3.8) is 0 Å². The van der Waals surface area contributed by atoms with Gasteiger partial charge in [-0.05, 0) is 24.3 Å². The number of para-hydroxylation sites is 1. The number of amides is 1. The number of hydrogen-bond donors (Lipinski definition) is 2. The molecule has 2 aromatic rings. The van der Waals surface area contributed by atoms with Crippen LogP contribution < -0.4 is 10.1 Å². The van der Waals surface area contributed by atoms with E-state index in [1.807, 2.05) is 0 Å². The molecule has 98 valence electrons. The zero-order valence-electron chi connectivity index (χ0n) is 10.0. The lowest BCUT2D eigenvalue weighted by atomic mass is 10.2. The Labute approximate surface area is 113 Å². The fourth-order valence-corrected chi connectivity index (χ4v) is 2.27. The summed E-state index contributed by atoms with van der Waals surface area (Å²) in [5.41, 5.74) is 0.398. The largest absolute Gasteiger partial charge is 0.496 e. The molecule has 0 aliphatic heterocycles. The van der Waals surface area contributed by atoms with Gasteiger partial charge >= 0.3 is 5.97 Å². The number of carboxylic acids is 1. The summed E-state index contributed by atoms with van der Waals surface area (Å²) in [5.74, 6) is -0.881. The standard InChI is InChI=1S/C13H11NO4S/c1-18-9-5-3-2-4-8(9)12(15)14-11-7-6-10(19-11)13(16)17/h2-7H,1H3,(H,14,15)(H,16,17). The van der Waals surface area contributed by atoms with Crippen LogP contribution in [0.1, 0.15) is 20.0 Å². The quantitative estimate of drug-likeness (QED) is 0.901. The molecule has 2 rings (SSSR count). The highest BCUT2D eigenvalue weighted by molar-refractivity contribution is 7.18. The lowest BCUT2D eigenvalue weighted by Crippen LogP contribution is -2.12. The van der Waals surface area contributed by atoms with E-state index in [2.05, 4.69) is 5.32 Å². The Morgan fingerprint density at radius 1 is 1.21 bits per heavy atom. The van der Waals surface area contributed by atoms with Gasteiger partial charge in [-0.3, -0.25) is 4.79 Å². The van der Waals surface area contributed by atoms with Crippen LogP contribution in [0.15, 0.2) is 36.4 Å². The zero-order valence-corrected chi connectivity index (χ0v) is 10.9. The summed E-state index contributed by atoms with van der Waals surface area (Å²) in [6, 6.07) is 9.83. The number of nitrogens with one attached hydrogen (secondary N) is 1. The highest BCUT2D eigenvalue weighted by Crippen LogP contribution is 2.24. The van der Waals surface area contributed by atoms with Gasteiger partial charge in [0.25, 0.3) is 5.91 Å². The number of carbonyl (C=O) groups excluding carboxylic acids is 1. The third-order valence-corrected chi connectivity index (χ3v) is 3.39. The van der Waals surface area contributed by atoms with Crippen LogP contribution in [0.2, 0.25) is 0 Å². The summed E-state index contributed by atoms with van der Waals surface area (Å²) >= 11 is 1.01. The summed E-state index contributed by atoms with van der Waals surface area (Å²) in [5, 5.41) is 11.9. The molecule has 19 heavy (non-hydrogen) atoms. The molecule has 0 aliphatic carbocycles. The Balaban J connectivity index is 2.18. The molecule has 0 aliphatic rings. The fraction of sp³-hybridized carbons (Fsp3) is 0.0769. The number of methoxy groups -OCH3 is 1. The maximum absolute atomic E-state index is 12.0. The van der Waals surface area contributed by atoms with Crippen LogP contribution in [0.25, 0.3) is 0 Å². The minimum atomic E-state index is -1.01. The Morgan fingerprint density at radius 3 is 2.58 bits per heavy atom. The van der Waals surface area contributed by atoms with Crippen molar-refractivity contribution in [2.75, 3.05) is 12.4 Å². The van der Waals surface area contributed by atoms with E-state index in [9.17, 15) is 9.59 Å². The molecule has 1 aromatic heterocycles. The van der Waals surface area contributed by atoms with Crippen molar-refractivity contribution in [3.8, 4) is 5.75 Å². The normalized spacial score (nSPS) is 9.95. The van der Waals surface area contributed by atoms with E-state index in [-0.39, 0.29) is 10.8 Å². The Morgan fingerprint density at radius 2 is 1.95 bits per heavy atom. The first-order chi connectivity index (χ1) is 9.11. The number of thiophene rings is 1. The highest BCUT2D eigenvalue weighted by Gasteiger charge is 2.13. The summed E-state index contributed by atoms with van der Waals surface area (Å²) in [6.07, 6.45) is 0. The molecular formula is C13H11NO4S. The molecule has 0 saturated heterocycles. The molecule has 0 unspecified atom stereocenters. The molecule has 2 N–H and O–H groups in total. The van der Waals surface area contributed by atoms with Gasteiger partial charge in [0.1, 0.15) is 10.6 Å². The van der Waals surface area contributed by atoms with Gasteiger partial charge in [0.2, 0.25) is 0 Å². The second kappa shape index (κ2) is 5.53. The molecule has 6 heteroatoms. The Bertz CT molecular complexity index is 621. The van der Waals surface area contributed by atoms with Gasteiger partial charge in [-0.1, -0.05) is 12.1 Å². The SMILES string of the molecule is COc1ccccc1C(=O)Nc1ccc(C(=O)O)s1. The molecule has 0 atom stereocenters. The average Bonchev–Trinajstić information content (AvgIpc) is 2.87. The predicted molar refractivity (Wildman–Crippen MR) is 72.2 cm³/mol. The summed E-state index contributed by atoms with van der Waals surface area (Å²) in [6.45, 7) is 0. The number of carboxylic acid groups (broad SMARTS) is 1. The molecule has 0 radical (unpaired) electrons. The molecule has 0 bridgehead atoms. The van der Waals surface area contributed by atoms with E-state index in [0.29, 0.717) is 16.3 Å². The van der Waals surface area contributed by atoms with Crippen molar-refractivity contribution < 1.29 is 19.4 Å². The average molecular weight is 277 g/mol. The van der Waals surface area contributed by atoms with Crippen LogP contribution in [0.5, 0.6) is 5.75 Å². The van der Waals surface area contributed by atoms with Gasteiger partial charge in [0.05, 0.1) is 17.7 Å². The first kappa shape index (κ1) is 13.1. The summed E-state index contributed by atoms with van der Waals surface area (Å²) in [7, 11) is 1.49.